The van der Waals surface area contributed by atoms with Gasteiger partial charge in [0, 0.05) is 25.9 Å². The molecule has 2 aliphatic rings. The molecule has 3 rings (SSSR count). The molecule has 18 heavy (non-hydrogen) atoms. The maximum Gasteiger partial charge on any atom is 0.133 e. The molecule has 0 N–H and O–H groups in total. The highest BCUT2D eigenvalue weighted by Crippen LogP contribution is 2.35. The minimum atomic E-state index is 0.484. The Morgan fingerprint density at radius 1 is 1.11 bits per heavy atom. The van der Waals surface area contributed by atoms with Crippen molar-refractivity contribution in [3.8, 4) is 0 Å². The summed E-state index contributed by atoms with van der Waals surface area (Å²) in [6.07, 6.45) is 4.09. The fourth-order valence-electron chi connectivity index (χ4n) is 3.49. The molecule has 2 atom stereocenters. The van der Waals surface area contributed by atoms with E-state index in [-0.39, 0.29) is 0 Å². The molecule has 1 saturated carbocycles. The van der Waals surface area contributed by atoms with Crippen LogP contribution in [0.5, 0.6) is 0 Å². The lowest BCUT2D eigenvalue weighted by atomic mass is 9.74. The van der Waals surface area contributed by atoms with Gasteiger partial charge in [0.05, 0.1) is 0 Å². The number of benzene rings is 1. The van der Waals surface area contributed by atoms with Gasteiger partial charge >= 0.3 is 0 Å². The molecule has 1 aromatic carbocycles. The van der Waals surface area contributed by atoms with Crippen LogP contribution in [0.1, 0.15) is 31.2 Å². The largest absolute Gasteiger partial charge is 0.300 e. The van der Waals surface area contributed by atoms with E-state index in [9.17, 15) is 4.79 Å². The summed E-state index contributed by atoms with van der Waals surface area (Å²) in [5.74, 6) is 1.93. The second-order valence-corrected chi connectivity index (χ2v) is 5.81. The maximum absolute atomic E-state index is 11.6. The van der Waals surface area contributed by atoms with Crippen molar-refractivity contribution in [3.63, 3.8) is 0 Å². The van der Waals surface area contributed by atoms with E-state index >= 15 is 0 Å². The monoisotopic (exact) mass is 243 g/mol. The molecule has 0 amide bonds. The first-order valence-electron chi connectivity index (χ1n) is 7.09. The summed E-state index contributed by atoms with van der Waals surface area (Å²) >= 11 is 0. The lowest BCUT2D eigenvalue weighted by Crippen LogP contribution is -2.42. The Bertz CT molecular complexity index is 414. The van der Waals surface area contributed by atoms with E-state index in [1.54, 1.807) is 0 Å². The van der Waals surface area contributed by atoms with Gasteiger partial charge < -0.3 is 0 Å². The highest BCUT2D eigenvalue weighted by atomic mass is 16.1. The number of Topliss-reactive ketones (excluding diaryl/α,β-unsaturated/α-hetero) is 1. The van der Waals surface area contributed by atoms with Gasteiger partial charge in [0.1, 0.15) is 5.78 Å². The van der Waals surface area contributed by atoms with Crippen molar-refractivity contribution in [2.24, 2.45) is 11.8 Å². The number of fused-ring (bicyclic) bond motifs is 1. The molecule has 2 heteroatoms. The van der Waals surface area contributed by atoms with Crippen molar-refractivity contribution in [2.75, 3.05) is 13.1 Å². The molecule has 2 fully saturated rings. The van der Waals surface area contributed by atoms with E-state index in [4.69, 9.17) is 0 Å². The number of ketones is 1. The van der Waals surface area contributed by atoms with Gasteiger partial charge in [0.25, 0.3) is 0 Å². The molecule has 1 heterocycles. The molecule has 2 nitrogen and oxygen atoms in total. The number of hydrogen-bond acceptors (Lipinski definition) is 2. The number of carbonyl (C=O) groups is 1. The average Bonchev–Trinajstić information content (AvgIpc) is 2.39. The third-order valence-corrected chi connectivity index (χ3v) is 4.51. The lowest BCUT2D eigenvalue weighted by Gasteiger charge is -2.40. The molecule has 1 aliphatic heterocycles. The summed E-state index contributed by atoms with van der Waals surface area (Å²) in [5.41, 5.74) is 1.39. The van der Waals surface area contributed by atoms with E-state index in [0.29, 0.717) is 11.7 Å². The quantitative estimate of drug-likeness (QED) is 0.796. The topological polar surface area (TPSA) is 20.3 Å². The van der Waals surface area contributed by atoms with Crippen molar-refractivity contribution in [3.05, 3.63) is 35.9 Å². The second kappa shape index (κ2) is 5.23. The summed E-state index contributed by atoms with van der Waals surface area (Å²) < 4.78 is 0. The predicted octanol–water partition coefficient (Wildman–Crippen LogP) is 2.88. The van der Waals surface area contributed by atoms with E-state index < -0.39 is 0 Å². The van der Waals surface area contributed by atoms with Crippen LogP contribution in [0.25, 0.3) is 0 Å². The van der Waals surface area contributed by atoms with Gasteiger partial charge in [-0.1, -0.05) is 30.3 Å². The van der Waals surface area contributed by atoms with Crippen LogP contribution < -0.4 is 0 Å². The van der Waals surface area contributed by atoms with Crippen LogP contribution in [0.3, 0.4) is 0 Å². The van der Waals surface area contributed by atoms with Crippen LogP contribution >= 0.6 is 0 Å². The highest BCUT2D eigenvalue weighted by molar-refractivity contribution is 5.79. The third-order valence-electron chi connectivity index (χ3n) is 4.51. The minimum absolute atomic E-state index is 0.484. The molecule has 0 spiro atoms. The number of rotatable bonds is 2. The standard InChI is InChI=1S/C16H21NO/c18-16-7-6-14-8-9-17(12-15(14)10-16)11-13-4-2-1-3-5-13/h1-5,14-15H,6-12H2. The Morgan fingerprint density at radius 2 is 1.94 bits per heavy atom. The number of carbonyl (C=O) groups excluding carboxylic acids is 1. The molecule has 2 unspecified atom stereocenters. The van der Waals surface area contributed by atoms with Crippen LogP contribution in [0.15, 0.2) is 30.3 Å². The summed E-state index contributed by atoms with van der Waals surface area (Å²) in [6, 6.07) is 10.7. The molecule has 1 aliphatic carbocycles. The second-order valence-electron chi connectivity index (χ2n) is 5.81. The van der Waals surface area contributed by atoms with Crippen molar-refractivity contribution in [1.29, 1.82) is 0 Å². The van der Waals surface area contributed by atoms with Crippen LogP contribution in [0, 0.1) is 11.8 Å². The Kier molecular flexibility index (Phi) is 3.46. The van der Waals surface area contributed by atoms with E-state index in [2.05, 4.69) is 35.2 Å². The Balaban J connectivity index is 1.61. The molecule has 0 radical (unpaired) electrons. The number of hydrogen-bond donors (Lipinski definition) is 0. The number of piperidine rings is 1. The van der Waals surface area contributed by atoms with Crippen molar-refractivity contribution >= 4 is 5.78 Å². The van der Waals surface area contributed by atoms with Gasteiger partial charge in [0.15, 0.2) is 0 Å². The summed E-state index contributed by atoms with van der Waals surface area (Å²) in [4.78, 5) is 14.1. The minimum Gasteiger partial charge on any atom is -0.300 e. The molecular weight excluding hydrogens is 222 g/mol. The molecule has 1 aromatic rings. The maximum atomic E-state index is 11.6. The molecular formula is C16H21NO. The average molecular weight is 243 g/mol. The first-order chi connectivity index (χ1) is 8.81. The highest BCUT2D eigenvalue weighted by Gasteiger charge is 2.33. The fourth-order valence-corrected chi connectivity index (χ4v) is 3.49. The van der Waals surface area contributed by atoms with Gasteiger partial charge in [0.2, 0.25) is 0 Å². The Labute approximate surface area is 109 Å². The van der Waals surface area contributed by atoms with Crippen molar-refractivity contribution in [2.45, 2.75) is 32.2 Å². The van der Waals surface area contributed by atoms with Crippen LogP contribution in [0.2, 0.25) is 0 Å². The van der Waals surface area contributed by atoms with E-state index in [1.165, 1.54) is 18.5 Å². The van der Waals surface area contributed by atoms with Gasteiger partial charge in [-0.25, -0.2) is 0 Å². The zero-order chi connectivity index (χ0) is 12.4. The summed E-state index contributed by atoms with van der Waals surface area (Å²) in [6.45, 7) is 3.35. The van der Waals surface area contributed by atoms with Crippen molar-refractivity contribution in [1.82, 2.24) is 4.90 Å². The van der Waals surface area contributed by atoms with Crippen LogP contribution in [0.4, 0.5) is 0 Å². The Hall–Kier alpha value is -1.15. The zero-order valence-electron chi connectivity index (χ0n) is 10.8. The van der Waals surface area contributed by atoms with Gasteiger partial charge in [-0.3, -0.25) is 9.69 Å². The number of likely N-dealkylation sites (tertiary alicyclic amines) is 1. The van der Waals surface area contributed by atoms with Crippen LogP contribution in [-0.4, -0.2) is 23.8 Å². The summed E-state index contributed by atoms with van der Waals surface area (Å²) in [7, 11) is 0. The third kappa shape index (κ3) is 2.64. The molecule has 0 aromatic heterocycles. The lowest BCUT2D eigenvalue weighted by molar-refractivity contribution is -0.123. The number of nitrogens with zero attached hydrogens (tertiary/aromatic N) is 1. The smallest absolute Gasteiger partial charge is 0.133 e. The van der Waals surface area contributed by atoms with E-state index in [1.807, 2.05) is 0 Å². The van der Waals surface area contributed by atoms with Crippen molar-refractivity contribution < 1.29 is 4.79 Å². The van der Waals surface area contributed by atoms with Gasteiger partial charge in [-0.05, 0) is 36.8 Å². The molecule has 0 bridgehead atoms. The SMILES string of the molecule is O=C1CCC2CCN(Cc3ccccc3)CC2C1. The molecule has 1 saturated heterocycles. The first kappa shape index (κ1) is 11.9. The van der Waals surface area contributed by atoms with Gasteiger partial charge in [-0.15, -0.1) is 0 Å². The van der Waals surface area contributed by atoms with E-state index in [0.717, 1.165) is 38.3 Å². The van der Waals surface area contributed by atoms with Gasteiger partial charge in [-0.2, -0.15) is 0 Å². The first-order valence-corrected chi connectivity index (χ1v) is 7.09. The Morgan fingerprint density at radius 3 is 2.78 bits per heavy atom. The van der Waals surface area contributed by atoms with Crippen LogP contribution in [-0.2, 0) is 11.3 Å². The fraction of sp³-hybridized carbons (Fsp3) is 0.562. The predicted molar refractivity (Wildman–Crippen MR) is 72.2 cm³/mol. The summed E-state index contributed by atoms with van der Waals surface area (Å²) in [5, 5.41) is 0. The normalized spacial score (nSPS) is 29.0. The zero-order valence-corrected chi connectivity index (χ0v) is 10.8. The molecule has 96 valence electrons.